The number of hydrogen-bond donors (Lipinski definition) is 1. The summed E-state index contributed by atoms with van der Waals surface area (Å²) in [7, 11) is 0. The van der Waals surface area contributed by atoms with E-state index in [1.165, 1.54) is 17.8 Å². The van der Waals surface area contributed by atoms with Gasteiger partial charge in [0.15, 0.2) is 11.7 Å². The molecule has 7 heteroatoms. The maximum absolute atomic E-state index is 13.0. The van der Waals surface area contributed by atoms with Crippen molar-refractivity contribution in [1.82, 2.24) is 15.2 Å². The van der Waals surface area contributed by atoms with Crippen LogP contribution < -0.4 is 10.2 Å². The minimum atomic E-state index is -0.291. The second-order valence-electron chi connectivity index (χ2n) is 8.35. The Bertz CT molecular complexity index is 999. The van der Waals surface area contributed by atoms with Gasteiger partial charge in [0.1, 0.15) is 5.82 Å². The fourth-order valence-electron chi connectivity index (χ4n) is 4.04. The molecule has 1 aliphatic rings. The SMILES string of the molecule is O=C(CCc1ncc(-c2ccc(F)cc2)o1)NCCCCN1CCN(c2ccccc2)CC1. The highest BCUT2D eigenvalue weighted by molar-refractivity contribution is 5.76. The molecule has 0 radical (unpaired) electrons. The van der Waals surface area contributed by atoms with Gasteiger partial charge in [0.25, 0.3) is 0 Å². The van der Waals surface area contributed by atoms with Crippen LogP contribution in [0.3, 0.4) is 0 Å². The number of halogens is 1. The molecule has 6 nitrogen and oxygen atoms in total. The number of rotatable bonds is 10. The van der Waals surface area contributed by atoms with Crippen LogP contribution in [0.25, 0.3) is 11.3 Å². The first-order chi connectivity index (χ1) is 16.2. The molecule has 0 bridgehead atoms. The summed E-state index contributed by atoms with van der Waals surface area (Å²) in [5.74, 6) is 0.808. The van der Waals surface area contributed by atoms with E-state index in [1.807, 2.05) is 0 Å². The molecule has 1 aliphatic heterocycles. The van der Waals surface area contributed by atoms with Gasteiger partial charge in [0, 0.05) is 56.8 Å². The van der Waals surface area contributed by atoms with Crippen molar-refractivity contribution in [3.63, 3.8) is 0 Å². The summed E-state index contributed by atoms with van der Waals surface area (Å²) in [6.07, 6.45) is 4.44. The van der Waals surface area contributed by atoms with E-state index < -0.39 is 0 Å². The number of carbonyl (C=O) groups excluding carboxylic acids is 1. The van der Waals surface area contributed by atoms with Gasteiger partial charge in [0.05, 0.1) is 6.20 Å². The van der Waals surface area contributed by atoms with Gasteiger partial charge in [-0.1, -0.05) is 18.2 Å². The van der Waals surface area contributed by atoms with E-state index in [2.05, 4.69) is 50.4 Å². The van der Waals surface area contributed by atoms with E-state index in [0.717, 1.165) is 51.1 Å². The summed E-state index contributed by atoms with van der Waals surface area (Å²) in [5, 5.41) is 2.99. The predicted molar refractivity (Wildman–Crippen MR) is 128 cm³/mol. The zero-order chi connectivity index (χ0) is 22.9. The fourth-order valence-corrected chi connectivity index (χ4v) is 4.04. The first-order valence-corrected chi connectivity index (χ1v) is 11.7. The van der Waals surface area contributed by atoms with Crippen molar-refractivity contribution in [2.75, 3.05) is 44.2 Å². The lowest BCUT2D eigenvalue weighted by molar-refractivity contribution is -0.121. The Kier molecular flexibility index (Phi) is 8.09. The van der Waals surface area contributed by atoms with E-state index in [0.29, 0.717) is 31.0 Å². The average Bonchev–Trinajstić information content (AvgIpc) is 3.33. The molecule has 3 aromatic rings. The van der Waals surface area contributed by atoms with Gasteiger partial charge in [-0.25, -0.2) is 9.37 Å². The first-order valence-electron chi connectivity index (χ1n) is 11.7. The van der Waals surface area contributed by atoms with Gasteiger partial charge >= 0.3 is 0 Å². The third kappa shape index (κ3) is 6.89. The van der Waals surface area contributed by atoms with Crippen molar-refractivity contribution in [2.45, 2.75) is 25.7 Å². The minimum absolute atomic E-state index is 0.00741. The summed E-state index contributed by atoms with van der Waals surface area (Å²) in [5.41, 5.74) is 2.07. The van der Waals surface area contributed by atoms with Crippen molar-refractivity contribution >= 4 is 11.6 Å². The number of nitrogens with one attached hydrogen (secondary N) is 1. The fraction of sp³-hybridized carbons (Fsp3) is 0.385. The molecular formula is C26H31FN4O2. The molecule has 0 unspecified atom stereocenters. The number of anilines is 1. The largest absolute Gasteiger partial charge is 0.441 e. The van der Waals surface area contributed by atoms with Gasteiger partial charge < -0.3 is 14.6 Å². The van der Waals surface area contributed by atoms with Crippen LogP contribution in [0.2, 0.25) is 0 Å². The monoisotopic (exact) mass is 450 g/mol. The molecule has 4 rings (SSSR count). The Labute approximate surface area is 194 Å². The Morgan fingerprint density at radius 3 is 2.52 bits per heavy atom. The maximum atomic E-state index is 13.0. The lowest BCUT2D eigenvalue weighted by Gasteiger charge is -2.36. The molecule has 33 heavy (non-hydrogen) atoms. The average molecular weight is 451 g/mol. The third-order valence-electron chi connectivity index (χ3n) is 5.97. The molecule has 0 spiro atoms. The Morgan fingerprint density at radius 1 is 1.00 bits per heavy atom. The van der Waals surface area contributed by atoms with E-state index in [4.69, 9.17) is 4.42 Å². The molecule has 0 saturated carbocycles. The third-order valence-corrected chi connectivity index (χ3v) is 5.97. The van der Waals surface area contributed by atoms with Crippen molar-refractivity contribution in [3.05, 3.63) is 72.5 Å². The lowest BCUT2D eigenvalue weighted by Crippen LogP contribution is -2.46. The number of aromatic nitrogens is 1. The number of aryl methyl sites for hydroxylation is 1. The Hall–Kier alpha value is -3.19. The van der Waals surface area contributed by atoms with Crippen LogP contribution in [0, 0.1) is 5.82 Å². The van der Waals surface area contributed by atoms with Crippen LogP contribution in [-0.2, 0) is 11.2 Å². The lowest BCUT2D eigenvalue weighted by atomic mass is 10.2. The molecule has 1 aromatic heterocycles. The zero-order valence-electron chi connectivity index (χ0n) is 18.9. The summed E-state index contributed by atoms with van der Waals surface area (Å²) in [6, 6.07) is 16.6. The van der Waals surface area contributed by atoms with Gasteiger partial charge in [-0.15, -0.1) is 0 Å². The van der Waals surface area contributed by atoms with E-state index >= 15 is 0 Å². The van der Waals surface area contributed by atoms with Crippen LogP contribution in [0.5, 0.6) is 0 Å². The van der Waals surface area contributed by atoms with E-state index in [9.17, 15) is 9.18 Å². The summed E-state index contributed by atoms with van der Waals surface area (Å²) >= 11 is 0. The van der Waals surface area contributed by atoms with Gasteiger partial charge in [-0.3, -0.25) is 9.69 Å². The maximum Gasteiger partial charge on any atom is 0.220 e. The predicted octanol–water partition coefficient (Wildman–Crippen LogP) is 4.13. The molecule has 0 atom stereocenters. The standard InChI is InChI=1S/C26H31FN4O2/c27-22-10-8-21(9-11-22)24-20-29-26(33-24)13-12-25(32)28-14-4-5-15-30-16-18-31(19-17-30)23-6-2-1-3-7-23/h1-3,6-11,20H,4-5,12-19H2,(H,28,32). The highest BCUT2D eigenvalue weighted by Gasteiger charge is 2.16. The van der Waals surface area contributed by atoms with E-state index in [-0.39, 0.29) is 11.7 Å². The van der Waals surface area contributed by atoms with Crippen molar-refractivity contribution in [3.8, 4) is 11.3 Å². The second-order valence-corrected chi connectivity index (χ2v) is 8.35. The molecule has 1 fully saturated rings. The minimum Gasteiger partial charge on any atom is -0.441 e. The molecule has 1 amide bonds. The molecule has 2 heterocycles. The number of unbranched alkanes of at least 4 members (excludes halogenated alkanes) is 1. The van der Waals surface area contributed by atoms with Crippen LogP contribution in [-0.4, -0.2) is 55.1 Å². The number of hydrogen-bond acceptors (Lipinski definition) is 5. The number of amides is 1. The molecule has 1 N–H and O–H groups in total. The number of benzene rings is 2. The smallest absolute Gasteiger partial charge is 0.220 e. The first kappa shape index (κ1) is 23.0. The molecule has 1 saturated heterocycles. The van der Waals surface area contributed by atoms with Crippen molar-refractivity contribution in [2.24, 2.45) is 0 Å². The van der Waals surface area contributed by atoms with Crippen LogP contribution in [0.4, 0.5) is 10.1 Å². The van der Waals surface area contributed by atoms with Crippen LogP contribution in [0.1, 0.15) is 25.2 Å². The molecule has 2 aromatic carbocycles. The highest BCUT2D eigenvalue weighted by Crippen LogP contribution is 2.21. The van der Waals surface area contributed by atoms with Crippen LogP contribution in [0.15, 0.2) is 65.2 Å². The van der Waals surface area contributed by atoms with Crippen molar-refractivity contribution in [1.29, 1.82) is 0 Å². The zero-order valence-corrected chi connectivity index (χ0v) is 18.9. The molecule has 0 aliphatic carbocycles. The normalized spacial score (nSPS) is 14.4. The second kappa shape index (κ2) is 11.6. The van der Waals surface area contributed by atoms with Crippen molar-refractivity contribution < 1.29 is 13.6 Å². The van der Waals surface area contributed by atoms with Gasteiger partial charge in [-0.05, 0) is 55.8 Å². The topological polar surface area (TPSA) is 61.6 Å². The number of nitrogens with zero attached hydrogens (tertiary/aromatic N) is 3. The van der Waals surface area contributed by atoms with Gasteiger partial charge in [-0.2, -0.15) is 0 Å². The van der Waals surface area contributed by atoms with Gasteiger partial charge in [0.2, 0.25) is 5.91 Å². The Balaban J connectivity index is 1.07. The number of piperazine rings is 1. The number of oxazole rings is 1. The quantitative estimate of drug-likeness (QED) is 0.471. The number of para-hydroxylation sites is 1. The van der Waals surface area contributed by atoms with E-state index in [1.54, 1.807) is 18.3 Å². The van der Waals surface area contributed by atoms with Crippen LogP contribution >= 0.6 is 0 Å². The summed E-state index contributed by atoms with van der Waals surface area (Å²) in [6.45, 7) is 6.04. The summed E-state index contributed by atoms with van der Waals surface area (Å²) in [4.78, 5) is 21.3. The summed E-state index contributed by atoms with van der Waals surface area (Å²) < 4.78 is 18.7. The molecular weight excluding hydrogens is 419 g/mol. The highest BCUT2D eigenvalue weighted by atomic mass is 19.1. The number of carbonyl (C=O) groups is 1. The Morgan fingerprint density at radius 2 is 1.76 bits per heavy atom. The molecule has 174 valence electrons.